The normalized spacial score (nSPS) is 16.0. The molecule has 0 N–H and O–H groups in total. The largest absolute Gasteiger partial charge is 0.539 e. The predicted octanol–water partition coefficient (Wildman–Crippen LogP) is 11.6. The van der Waals surface area contributed by atoms with E-state index in [9.17, 15) is 13.2 Å². The van der Waals surface area contributed by atoms with E-state index in [-0.39, 0.29) is 11.6 Å². The van der Waals surface area contributed by atoms with Crippen molar-refractivity contribution < 1.29 is 39.5 Å². The van der Waals surface area contributed by atoms with Crippen molar-refractivity contribution in [1.29, 1.82) is 0 Å². The maximum atomic E-state index is 16.2. The lowest BCUT2D eigenvalue weighted by atomic mass is 10.0. The van der Waals surface area contributed by atoms with E-state index in [0.717, 1.165) is 36.6 Å². The number of rotatable bonds is 13. The number of benzene rings is 2. The van der Waals surface area contributed by atoms with Gasteiger partial charge in [-0.05, 0) is 23.7 Å². The van der Waals surface area contributed by atoms with Crippen LogP contribution in [0.15, 0.2) is 6.07 Å². The highest BCUT2D eigenvalue weighted by atomic mass is 28.4. The summed E-state index contributed by atoms with van der Waals surface area (Å²) in [5, 5.41) is 0. The molecule has 236 valence electrons. The third-order valence-electron chi connectivity index (χ3n) is 9.56. The summed E-state index contributed by atoms with van der Waals surface area (Å²) in [5.41, 5.74) is -6.08. The minimum Gasteiger partial charge on any atom is -0.539 e. The minimum atomic E-state index is -4.50. The lowest BCUT2D eigenvalue weighted by Crippen LogP contribution is -2.47. The Kier molecular flexibility index (Phi) is 10.3. The van der Waals surface area contributed by atoms with Gasteiger partial charge < -0.3 is 4.43 Å². The molecule has 1 nitrogen and oxygen atoms in total. The third kappa shape index (κ3) is 6.13. The average molecular weight is 655 g/mol. The van der Waals surface area contributed by atoms with E-state index in [0.29, 0.717) is 12.1 Å². The van der Waals surface area contributed by atoms with Crippen LogP contribution in [0.5, 0.6) is 5.75 Å². The Labute approximate surface area is 247 Å². The Hall–Kier alpha value is -1.67. The highest BCUT2D eigenvalue weighted by Gasteiger charge is 2.53. The van der Waals surface area contributed by atoms with Gasteiger partial charge in [0.1, 0.15) is 0 Å². The van der Waals surface area contributed by atoms with Gasteiger partial charge in [-0.3, -0.25) is 0 Å². The van der Waals surface area contributed by atoms with E-state index >= 15 is 22.0 Å². The number of halogens is 8. The Morgan fingerprint density at radius 2 is 1.29 bits per heavy atom. The van der Waals surface area contributed by atoms with Gasteiger partial charge in [0, 0.05) is 24.8 Å². The maximum Gasteiger partial charge on any atom is 0.302 e. The molecule has 0 radical (unpaired) electrons. The number of fused-ring (bicyclic) bond motifs is 3. The maximum absolute atomic E-state index is 16.2. The summed E-state index contributed by atoms with van der Waals surface area (Å²) in [6.07, 6.45) is 0.758. The molecule has 0 heterocycles. The summed E-state index contributed by atoms with van der Waals surface area (Å²) < 4.78 is 127. The second-order valence-electron chi connectivity index (χ2n) is 13.3. The first-order valence-electron chi connectivity index (χ1n) is 14.8. The van der Waals surface area contributed by atoms with Gasteiger partial charge in [0.05, 0.1) is 13.6 Å². The fourth-order valence-electron chi connectivity index (χ4n) is 6.23. The van der Waals surface area contributed by atoms with Crippen molar-refractivity contribution in [2.45, 2.75) is 114 Å². The van der Waals surface area contributed by atoms with Crippen molar-refractivity contribution in [3.63, 3.8) is 0 Å². The smallest absolute Gasteiger partial charge is 0.302 e. The van der Waals surface area contributed by atoms with Crippen LogP contribution in [-0.2, 0) is 5.92 Å². The van der Waals surface area contributed by atoms with Crippen molar-refractivity contribution >= 4 is 24.5 Å². The van der Waals surface area contributed by atoms with Crippen LogP contribution in [0.4, 0.5) is 35.1 Å². The molecule has 1 atom stereocenters. The average Bonchev–Trinajstić information content (AvgIpc) is 3.15. The van der Waals surface area contributed by atoms with Gasteiger partial charge in [-0.2, -0.15) is 13.2 Å². The van der Waals surface area contributed by atoms with E-state index in [1.54, 1.807) is 0 Å². The quantitative estimate of drug-likeness (QED) is 0.0904. The van der Waals surface area contributed by atoms with E-state index in [1.807, 2.05) is 13.8 Å². The number of hydrogen-bond donors (Lipinski definition) is 0. The van der Waals surface area contributed by atoms with Crippen LogP contribution in [0.2, 0.25) is 67.5 Å². The molecule has 0 amide bonds. The van der Waals surface area contributed by atoms with Crippen molar-refractivity contribution in [2.75, 3.05) is 0 Å². The summed E-state index contributed by atoms with van der Waals surface area (Å²) in [5.74, 6) is -17.6. The van der Waals surface area contributed by atoms with Crippen LogP contribution in [0.1, 0.15) is 52.2 Å². The molecule has 1 aliphatic rings. The predicted molar refractivity (Wildman–Crippen MR) is 160 cm³/mol. The minimum absolute atomic E-state index is 0.00246. The molecule has 1 unspecified atom stereocenters. The monoisotopic (exact) mass is 654 g/mol. The second kappa shape index (κ2) is 12.4. The molecule has 3 rings (SSSR count). The molecule has 0 aromatic heterocycles. The fraction of sp³-hybridized carbons (Fsp3) is 0.600. The zero-order valence-electron chi connectivity index (χ0n) is 25.7. The first-order chi connectivity index (χ1) is 19.3. The molecule has 42 heavy (non-hydrogen) atoms. The molecule has 0 saturated carbocycles. The van der Waals surface area contributed by atoms with Gasteiger partial charge in [0.25, 0.3) is 8.32 Å². The molecule has 0 bridgehead atoms. The van der Waals surface area contributed by atoms with Gasteiger partial charge in [-0.1, -0.05) is 90.9 Å². The van der Waals surface area contributed by atoms with Crippen LogP contribution >= 0.6 is 0 Å². The zero-order valence-corrected chi connectivity index (χ0v) is 28.7. The SMILES string of the molecule is CC[Si](CC)(CC)CCC[Si](CC[Si](C)(C)C)(Oc1c(F)c(F)c2c(c1F)-c1c(cc(F)c(F)c1F)C2(F)F)C(C)C. The van der Waals surface area contributed by atoms with E-state index in [2.05, 4.69) is 40.4 Å². The molecule has 0 spiro atoms. The van der Waals surface area contributed by atoms with Crippen LogP contribution in [-0.4, -0.2) is 24.5 Å². The molecule has 12 heteroatoms. The molecule has 1 aliphatic carbocycles. The van der Waals surface area contributed by atoms with E-state index < -0.39 is 93.3 Å². The summed E-state index contributed by atoms with van der Waals surface area (Å²) in [4.78, 5) is 0. The highest BCUT2D eigenvalue weighted by Crippen LogP contribution is 2.57. The third-order valence-corrected chi connectivity index (χ3v) is 22.7. The fourth-order valence-corrected chi connectivity index (χ4v) is 18.0. The lowest BCUT2D eigenvalue weighted by Gasteiger charge is -2.39. The molecule has 2 aromatic rings. The Bertz CT molecular complexity index is 1310. The number of hydrogen-bond acceptors (Lipinski definition) is 1. The summed E-state index contributed by atoms with van der Waals surface area (Å²) in [6.45, 7) is 16.8. The zero-order chi connectivity index (χ0) is 32.0. The van der Waals surface area contributed by atoms with Gasteiger partial charge in [-0.25, -0.2) is 22.0 Å². The van der Waals surface area contributed by atoms with Crippen molar-refractivity contribution in [3.05, 3.63) is 52.1 Å². The molecular weight excluding hydrogens is 613 g/mol. The Morgan fingerprint density at radius 3 is 1.79 bits per heavy atom. The van der Waals surface area contributed by atoms with E-state index in [4.69, 9.17) is 4.43 Å². The second-order valence-corrected chi connectivity index (χ2v) is 29.0. The molecule has 0 fully saturated rings. The van der Waals surface area contributed by atoms with Gasteiger partial charge >= 0.3 is 5.92 Å². The molecule has 0 aliphatic heterocycles. The molecular formula is C30H42F8OSi3. The lowest BCUT2D eigenvalue weighted by molar-refractivity contribution is 0.0425. The summed E-state index contributed by atoms with van der Waals surface area (Å²) in [6, 6.07) is 6.11. The van der Waals surface area contributed by atoms with Crippen LogP contribution in [0, 0.1) is 34.9 Å². The first-order valence-corrected chi connectivity index (χ1v) is 23.7. The van der Waals surface area contributed by atoms with Crippen molar-refractivity contribution in [1.82, 2.24) is 0 Å². The molecule has 0 saturated heterocycles. The van der Waals surface area contributed by atoms with Crippen LogP contribution in [0.3, 0.4) is 0 Å². The Morgan fingerprint density at radius 1 is 0.714 bits per heavy atom. The summed E-state index contributed by atoms with van der Waals surface area (Å²) >= 11 is 0. The number of alkyl halides is 2. The molecule has 2 aromatic carbocycles. The topological polar surface area (TPSA) is 9.23 Å². The van der Waals surface area contributed by atoms with Crippen molar-refractivity contribution in [2.24, 2.45) is 0 Å². The highest BCUT2D eigenvalue weighted by molar-refractivity contribution is 6.82. The van der Waals surface area contributed by atoms with Crippen molar-refractivity contribution in [3.8, 4) is 16.9 Å². The Balaban J connectivity index is 2.21. The summed E-state index contributed by atoms with van der Waals surface area (Å²) in [7, 11) is -6.38. The first kappa shape index (κ1) is 34.8. The van der Waals surface area contributed by atoms with Gasteiger partial charge in [0.15, 0.2) is 34.8 Å². The standard InChI is InChI=1S/C30H42F8OSi3/c1-9-41(10-2,11-3)13-12-14-42(18(4)5,16-15-40(6,7)8)39-29-26(34)22-21-19(17-20(31)24(32)25(21)33)30(37,38)23(22)27(35)28(29)36/h17-18H,9-16H2,1-8H3. The van der Waals surface area contributed by atoms with E-state index in [1.165, 1.54) is 0 Å². The van der Waals surface area contributed by atoms with Crippen LogP contribution < -0.4 is 4.43 Å². The van der Waals surface area contributed by atoms with Crippen LogP contribution in [0.25, 0.3) is 11.1 Å². The van der Waals surface area contributed by atoms with Gasteiger partial charge in [-0.15, -0.1) is 0 Å². The van der Waals surface area contributed by atoms with Gasteiger partial charge in [0.2, 0.25) is 5.82 Å².